The zero-order valence-electron chi connectivity index (χ0n) is 11.9. The number of rotatable bonds is 4. The molecule has 1 nitrogen and oxygen atoms in total. The van der Waals surface area contributed by atoms with E-state index in [9.17, 15) is 5.11 Å². The van der Waals surface area contributed by atoms with E-state index in [-0.39, 0.29) is 6.10 Å². The Morgan fingerprint density at radius 2 is 1.82 bits per heavy atom. The maximum atomic E-state index is 10.1. The standard InChI is InChI=1S/C16H26O/c1-12-6-7-13(2)14(10-12)11-15(17)8-9-16(3,4)5/h6-7,10,15,17H,8-9,11H2,1-5H3. The molecule has 96 valence electrons. The van der Waals surface area contributed by atoms with E-state index in [0.717, 1.165) is 19.3 Å². The van der Waals surface area contributed by atoms with E-state index in [1.165, 1.54) is 16.7 Å². The zero-order chi connectivity index (χ0) is 13.1. The van der Waals surface area contributed by atoms with Crippen molar-refractivity contribution in [2.75, 3.05) is 0 Å². The highest BCUT2D eigenvalue weighted by molar-refractivity contribution is 5.30. The smallest absolute Gasteiger partial charge is 0.0580 e. The van der Waals surface area contributed by atoms with Gasteiger partial charge in [0.1, 0.15) is 0 Å². The zero-order valence-corrected chi connectivity index (χ0v) is 11.9. The molecule has 1 atom stereocenters. The maximum Gasteiger partial charge on any atom is 0.0580 e. The lowest BCUT2D eigenvalue weighted by atomic mass is 9.88. The van der Waals surface area contributed by atoms with Gasteiger partial charge in [0.15, 0.2) is 0 Å². The highest BCUT2D eigenvalue weighted by atomic mass is 16.3. The summed E-state index contributed by atoms with van der Waals surface area (Å²) in [7, 11) is 0. The average Bonchev–Trinajstić information content (AvgIpc) is 2.20. The molecule has 1 unspecified atom stereocenters. The molecule has 0 radical (unpaired) electrons. The second kappa shape index (κ2) is 5.68. The normalized spacial score (nSPS) is 13.8. The second-order valence-electron chi connectivity index (χ2n) is 6.39. The van der Waals surface area contributed by atoms with Gasteiger partial charge in [-0.2, -0.15) is 0 Å². The van der Waals surface area contributed by atoms with Crippen LogP contribution in [0.5, 0.6) is 0 Å². The van der Waals surface area contributed by atoms with Crippen LogP contribution in [-0.2, 0) is 6.42 Å². The minimum absolute atomic E-state index is 0.213. The maximum absolute atomic E-state index is 10.1. The van der Waals surface area contributed by atoms with E-state index in [4.69, 9.17) is 0 Å². The van der Waals surface area contributed by atoms with Gasteiger partial charge in [-0.15, -0.1) is 0 Å². The molecule has 1 heteroatoms. The first-order chi connectivity index (χ1) is 7.78. The Morgan fingerprint density at radius 3 is 2.41 bits per heavy atom. The quantitative estimate of drug-likeness (QED) is 0.834. The molecule has 0 fully saturated rings. The van der Waals surface area contributed by atoms with Crippen molar-refractivity contribution < 1.29 is 5.11 Å². The van der Waals surface area contributed by atoms with Crippen LogP contribution in [0.1, 0.15) is 50.3 Å². The summed E-state index contributed by atoms with van der Waals surface area (Å²) in [5.41, 5.74) is 4.15. The highest BCUT2D eigenvalue weighted by Gasteiger charge is 2.14. The van der Waals surface area contributed by atoms with Crippen molar-refractivity contribution in [3.05, 3.63) is 34.9 Å². The summed E-state index contributed by atoms with van der Waals surface area (Å²) in [6.45, 7) is 10.9. The fourth-order valence-corrected chi connectivity index (χ4v) is 1.98. The summed E-state index contributed by atoms with van der Waals surface area (Å²) in [5, 5.41) is 10.1. The lowest BCUT2D eigenvalue weighted by Crippen LogP contribution is -2.15. The molecule has 0 spiro atoms. The Labute approximate surface area is 106 Å². The van der Waals surface area contributed by atoms with Crippen molar-refractivity contribution >= 4 is 0 Å². The third-order valence-electron chi connectivity index (χ3n) is 3.19. The van der Waals surface area contributed by atoms with Crippen LogP contribution in [-0.4, -0.2) is 11.2 Å². The van der Waals surface area contributed by atoms with Gasteiger partial charge in [-0.25, -0.2) is 0 Å². The molecular formula is C16H26O. The van der Waals surface area contributed by atoms with E-state index >= 15 is 0 Å². The molecule has 0 heterocycles. The van der Waals surface area contributed by atoms with Crippen LogP contribution in [0, 0.1) is 19.3 Å². The molecule has 0 bridgehead atoms. The predicted octanol–water partition coefficient (Wildman–Crippen LogP) is 4.03. The van der Waals surface area contributed by atoms with Crippen LogP contribution < -0.4 is 0 Å². The summed E-state index contributed by atoms with van der Waals surface area (Å²) in [6, 6.07) is 6.46. The van der Waals surface area contributed by atoms with Crippen molar-refractivity contribution in [3.63, 3.8) is 0 Å². The number of aryl methyl sites for hydroxylation is 2. The molecule has 17 heavy (non-hydrogen) atoms. The molecule has 0 aliphatic heterocycles. The fraction of sp³-hybridized carbons (Fsp3) is 0.625. The number of benzene rings is 1. The Hall–Kier alpha value is -0.820. The first kappa shape index (κ1) is 14.2. The van der Waals surface area contributed by atoms with Crippen molar-refractivity contribution in [2.45, 2.75) is 60.0 Å². The fourth-order valence-electron chi connectivity index (χ4n) is 1.98. The first-order valence-corrected chi connectivity index (χ1v) is 6.52. The highest BCUT2D eigenvalue weighted by Crippen LogP contribution is 2.23. The third kappa shape index (κ3) is 5.36. The Bertz CT molecular complexity index is 360. The van der Waals surface area contributed by atoms with Gasteiger partial charge in [-0.1, -0.05) is 44.5 Å². The molecule has 1 rings (SSSR count). The summed E-state index contributed by atoms with van der Waals surface area (Å²) in [5.74, 6) is 0. The van der Waals surface area contributed by atoms with E-state index in [1.54, 1.807) is 0 Å². The number of aliphatic hydroxyl groups is 1. The van der Waals surface area contributed by atoms with Gasteiger partial charge in [-0.05, 0) is 49.7 Å². The molecule has 0 aliphatic carbocycles. The van der Waals surface area contributed by atoms with E-state index in [1.807, 2.05) is 0 Å². The summed E-state index contributed by atoms with van der Waals surface area (Å²) >= 11 is 0. The van der Waals surface area contributed by atoms with Gasteiger partial charge in [0.25, 0.3) is 0 Å². The van der Waals surface area contributed by atoms with Crippen LogP contribution in [0.2, 0.25) is 0 Å². The number of hydrogen-bond acceptors (Lipinski definition) is 1. The van der Waals surface area contributed by atoms with E-state index in [0.29, 0.717) is 5.41 Å². The molecule has 0 saturated carbocycles. The Kier molecular flexibility index (Phi) is 4.76. The topological polar surface area (TPSA) is 20.2 Å². The van der Waals surface area contributed by atoms with Gasteiger partial charge < -0.3 is 5.11 Å². The van der Waals surface area contributed by atoms with Gasteiger partial charge in [0.05, 0.1) is 6.10 Å². The summed E-state index contributed by atoms with van der Waals surface area (Å²) in [4.78, 5) is 0. The molecular weight excluding hydrogens is 208 g/mol. The summed E-state index contributed by atoms with van der Waals surface area (Å²) in [6.07, 6.45) is 2.52. The monoisotopic (exact) mass is 234 g/mol. The molecule has 0 aliphatic rings. The molecule has 0 aromatic heterocycles. The molecule has 1 N–H and O–H groups in total. The van der Waals surface area contributed by atoms with Crippen LogP contribution in [0.3, 0.4) is 0 Å². The first-order valence-electron chi connectivity index (χ1n) is 6.52. The third-order valence-corrected chi connectivity index (χ3v) is 3.19. The van der Waals surface area contributed by atoms with Crippen molar-refractivity contribution in [3.8, 4) is 0 Å². The average molecular weight is 234 g/mol. The second-order valence-corrected chi connectivity index (χ2v) is 6.39. The Balaban J connectivity index is 2.56. The summed E-state index contributed by atoms with van der Waals surface area (Å²) < 4.78 is 0. The van der Waals surface area contributed by atoms with Gasteiger partial charge in [0.2, 0.25) is 0 Å². The van der Waals surface area contributed by atoms with Gasteiger partial charge in [0, 0.05) is 0 Å². The molecule has 0 amide bonds. The lowest BCUT2D eigenvalue weighted by molar-refractivity contribution is 0.145. The van der Waals surface area contributed by atoms with E-state index < -0.39 is 0 Å². The van der Waals surface area contributed by atoms with Gasteiger partial charge >= 0.3 is 0 Å². The predicted molar refractivity (Wildman–Crippen MR) is 74.3 cm³/mol. The molecule has 1 aromatic rings. The molecule has 1 aromatic carbocycles. The minimum Gasteiger partial charge on any atom is -0.393 e. The Morgan fingerprint density at radius 1 is 1.18 bits per heavy atom. The molecule has 0 saturated heterocycles. The number of aliphatic hydroxyl groups excluding tert-OH is 1. The minimum atomic E-state index is -0.213. The van der Waals surface area contributed by atoms with Crippen molar-refractivity contribution in [1.82, 2.24) is 0 Å². The SMILES string of the molecule is Cc1ccc(C)c(CC(O)CCC(C)(C)C)c1. The van der Waals surface area contributed by atoms with Gasteiger partial charge in [-0.3, -0.25) is 0 Å². The van der Waals surface area contributed by atoms with Crippen LogP contribution in [0.25, 0.3) is 0 Å². The van der Waals surface area contributed by atoms with E-state index in [2.05, 4.69) is 52.8 Å². The van der Waals surface area contributed by atoms with Crippen molar-refractivity contribution in [2.24, 2.45) is 5.41 Å². The van der Waals surface area contributed by atoms with Crippen LogP contribution >= 0.6 is 0 Å². The van der Waals surface area contributed by atoms with Crippen molar-refractivity contribution in [1.29, 1.82) is 0 Å². The van der Waals surface area contributed by atoms with Crippen LogP contribution in [0.15, 0.2) is 18.2 Å². The number of hydrogen-bond donors (Lipinski definition) is 1. The van der Waals surface area contributed by atoms with Crippen LogP contribution in [0.4, 0.5) is 0 Å². The largest absolute Gasteiger partial charge is 0.393 e. The lowest BCUT2D eigenvalue weighted by Gasteiger charge is -2.20.